The summed E-state index contributed by atoms with van der Waals surface area (Å²) in [5.74, 6) is -2.80. The fourth-order valence-corrected chi connectivity index (χ4v) is 1.51. The quantitative estimate of drug-likeness (QED) is 0.549. The van der Waals surface area contributed by atoms with E-state index in [0.717, 1.165) is 13.8 Å². The molecule has 10 heteroatoms. The first-order valence-corrected chi connectivity index (χ1v) is 6.27. The van der Waals surface area contributed by atoms with Gasteiger partial charge in [0.1, 0.15) is 6.04 Å². The zero-order valence-electron chi connectivity index (χ0n) is 10.5. The zero-order valence-corrected chi connectivity index (χ0v) is 12.9. The van der Waals surface area contributed by atoms with Crippen LogP contribution in [0.15, 0.2) is 0 Å². The van der Waals surface area contributed by atoms with Crippen molar-refractivity contribution in [1.29, 1.82) is 0 Å². The number of hydrogen-bond donors (Lipinski definition) is 1. The normalized spacial score (nSPS) is 11.4. The van der Waals surface area contributed by atoms with Crippen LogP contribution in [-0.2, 0) is 28.5 Å². The number of carbonyl (C=O) groups is 4. The van der Waals surface area contributed by atoms with E-state index < -0.39 is 29.8 Å². The minimum Gasteiger partial charge on any atom is -0.452 e. The van der Waals surface area contributed by atoms with Crippen LogP contribution < -0.4 is 5.09 Å². The second-order valence-corrected chi connectivity index (χ2v) is 4.06. The molecule has 0 aromatic carbocycles. The number of carbonyl (C=O) groups excluding carboxylic acids is 4. The Kier molecular flexibility index (Phi) is 8.39. The molecule has 0 rings (SSSR count). The predicted molar refractivity (Wildman–Crippen MR) is 71.0 cm³/mol. The lowest BCUT2D eigenvalue weighted by atomic mass is 10.2. The van der Waals surface area contributed by atoms with E-state index in [-0.39, 0.29) is 12.8 Å². The van der Waals surface area contributed by atoms with Gasteiger partial charge >= 0.3 is 11.9 Å². The van der Waals surface area contributed by atoms with Gasteiger partial charge in [0.25, 0.3) is 11.8 Å². The molecule has 0 saturated heterocycles. The molecule has 2 amide bonds. The SMILES string of the molecule is CC(=O)N(OC(=O)C(CCC(=O)OP)NP)C(C)=O. The maximum atomic E-state index is 11.7. The van der Waals surface area contributed by atoms with Crippen molar-refractivity contribution >= 4 is 42.6 Å². The molecule has 0 radical (unpaired) electrons. The monoisotopic (exact) mass is 310 g/mol. The molecule has 3 unspecified atom stereocenters. The van der Waals surface area contributed by atoms with Crippen molar-refractivity contribution in [2.75, 3.05) is 0 Å². The Balaban J connectivity index is 4.54. The molecule has 0 spiro atoms. The maximum Gasteiger partial charge on any atom is 0.350 e. The summed E-state index contributed by atoms with van der Waals surface area (Å²) in [5.41, 5.74) is 0. The lowest BCUT2D eigenvalue weighted by molar-refractivity contribution is -0.201. The van der Waals surface area contributed by atoms with Crippen LogP contribution in [-0.4, -0.2) is 34.9 Å². The molecule has 8 nitrogen and oxygen atoms in total. The number of nitrogens with one attached hydrogen (secondary N) is 1. The van der Waals surface area contributed by atoms with Crippen molar-refractivity contribution in [2.24, 2.45) is 0 Å². The van der Waals surface area contributed by atoms with Crippen molar-refractivity contribution in [1.82, 2.24) is 10.2 Å². The van der Waals surface area contributed by atoms with Gasteiger partial charge in [0, 0.05) is 20.3 Å². The first-order chi connectivity index (χ1) is 8.83. The lowest BCUT2D eigenvalue weighted by Gasteiger charge is -2.19. The molecule has 0 bridgehead atoms. The van der Waals surface area contributed by atoms with Crippen LogP contribution in [0, 0.1) is 0 Å². The summed E-state index contributed by atoms with van der Waals surface area (Å²) >= 11 is 0. The van der Waals surface area contributed by atoms with Gasteiger partial charge < -0.3 is 9.36 Å². The summed E-state index contributed by atoms with van der Waals surface area (Å²) < 4.78 is 4.35. The van der Waals surface area contributed by atoms with Gasteiger partial charge in [-0.25, -0.2) is 4.79 Å². The fourth-order valence-electron chi connectivity index (χ4n) is 1.09. The number of imide groups is 1. The second kappa shape index (κ2) is 8.91. The average Bonchev–Trinajstić information content (AvgIpc) is 2.35. The molecule has 108 valence electrons. The van der Waals surface area contributed by atoms with E-state index in [1.54, 1.807) is 9.47 Å². The van der Waals surface area contributed by atoms with Gasteiger partial charge in [0.15, 0.2) is 0 Å². The molecule has 3 atom stereocenters. The van der Waals surface area contributed by atoms with Gasteiger partial charge in [-0.3, -0.25) is 19.5 Å². The molecule has 0 heterocycles. The largest absolute Gasteiger partial charge is 0.452 e. The molecule has 0 saturated carbocycles. The lowest BCUT2D eigenvalue weighted by Crippen LogP contribution is -2.42. The standard InChI is InChI=1S/C9H16N2O6P2/c1-5(12)11(6(2)13)16-9(15)7(10-18)3-4-8(14)17-19/h7,10H,3-4,18-19H2,1-2H3. The Morgan fingerprint density at radius 1 is 1.21 bits per heavy atom. The first-order valence-electron chi connectivity index (χ1n) is 5.22. The zero-order chi connectivity index (χ0) is 15.0. The van der Waals surface area contributed by atoms with E-state index in [4.69, 9.17) is 0 Å². The second-order valence-electron chi connectivity index (χ2n) is 3.49. The minimum atomic E-state index is -0.865. The van der Waals surface area contributed by atoms with Gasteiger partial charge in [-0.2, -0.15) is 0 Å². The minimum absolute atomic E-state index is 0.0230. The highest BCUT2D eigenvalue weighted by molar-refractivity contribution is 7.13. The van der Waals surface area contributed by atoms with E-state index in [9.17, 15) is 19.2 Å². The van der Waals surface area contributed by atoms with Crippen molar-refractivity contribution in [2.45, 2.75) is 32.7 Å². The Hall–Kier alpha value is -1.10. The highest BCUT2D eigenvalue weighted by atomic mass is 31.0. The molecule has 0 aliphatic carbocycles. The van der Waals surface area contributed by atoms with Crippen molar-refractivity contribution in [3.8, 4) is 0 Å². The van der Waals surface area contributed by atoms with Gasteiger partial charge in [-0.1, -0.05) is 9.39 Å². The number of rotatable bonds is 5. The maximum absolute atomic E-state index is 11.7. The first kappa shape index (κ1) is 17.9. The Bertz CT molecular complexity index is 362. The number of amides is 2. The van der Waals surface area contributed by atoms with E-state index in [2.05, 4.69) is 23.8 Å². The average molecular weight is 310 g/mol. The third-order valence-corrected chi connectivity index (χ3v) is 2.67. The Morgan fingerprint density at radius 3 is 2.11 bits per heavy atom. The number of hydroxylamine groups is 2. The molecule has 19 heavy (non-hydrogen) atoms. The van der Waals surface area contributed by atoms with Gasteiger partial charge in [-0.05, 0) is 6.42 Å². The molecule has 0 aliphatic heterocycles. The third-order valence-electron chi connectivity index (χ3n) is 2.01. The smallest absolute Gasteiger partial charge is 0.350 e. The topological polar surface area (TPSA) is 102 Å². The van der Waals surface area contributed by atoms with Crippen LogP contribution in [0.3, 0.4) is 0 Å². The molecule has 0 aromatic rings. The van der Waals surface area contributed by atoms with Crippen molar-refractivity contribution in [3.05, 3.63) is 0 Å². The molecular formula is C9H16N2O6P2. The predicted octanol–water partition coefficient (Wildman–Crippen LogP) is -0.299. The van der Waals surface area contributed by atoms with Crippen LogP contribution in [0.5, 0.6) is 0 Å². The highest BCUT2D eigenvalue weighted by Gasteiger charge is 2.26. The van der Waals surface area contributed by atoms with Crippen LogP contribution in [0.4, 0.5) is 0 Å². The van der Waals surface area contributed by atoms with Crippen LogP contribution in [0.1, 0.15) is 26.7 Å². The van der Waals surface area contributed by atoms with Crippen molar-refractivity contribution in [3.63, 3.8) is 0 Å². The summed E-state index contributed by atoms with van der Waals surface area (Å²) in [6.45, 7) is 2.17. The summed E-state index contributed by atoms with van der Waals surface area (Å²) in [6.07, 6.45) is 0.0734. The third kappa shape index (κ3) is 6.57. The van der Waals surface area contributed by atoms with Crippen molar-refractivity contribution < 1.29 is 28.5 Å². The van der Waals surface area contributed by atoms with Crippen LogP contribution >= 0.6 is 18.9 Å². The van der Waals surface area contributed by atoms with Crippen LogP contribution in [0.25, 0.3) is 0 Å². The molecule has 0 aliphatic rings. The molecule has 1 N–H and O–H groups in total. The summed E-state index contributed by atoms with van der Waals surface area (Å²) in [6, 6.07) is -0.865. The summed E-state index contributed by atoms with van der Waals surface area (Å²) in [5, 5.41) is 2.90. The summed E-state index contributed by atoms with van der Waals surface area (Å²) in [7, 11) is 3.90. The Labute approximate surface area is 115 Å². The van der Waals surface area contributed by atoms with Gasteiger partial charge in [0.05, 0.1) is 9.47 Å². The van der Waals surface area contributed by atoms with Gasteiger partial charge in [0.2, 0.25) is 0 Å². The molecular weight excluding hydrogens is 294 g/mol. The van der Waals surface area contributed by atoms with Crippen LogP contribution in [0.2, 0.25) is 0 Å². The summed E-state index contributed by atoms with van der Waals surface area (Å²) in [4.78, 5) is 49.4. The number of nitrogens with zero attached hydrogens (tertiary/aromatic N) is 1. The highest BCUT2D eigenvalue weighted by Crippen LogP contribution is 2.06. The number of hydrogen-bond acceptors (Lipinski definition) is 7. The molecule has 0 fully saturated rings. The van der Waals surface area contributed by atoms with E-state index in [1.807, 2.05) is 0 Å². The van der Waals surface area contributed by atoms with E-state index in [1.165, 1.54) is 0 Å². The van der Waals surface area contributed by atoms with Gasteiger partial charge in [-0.15, -0.1) is 5.06 Å². The fraction of sp³-hybridized carbons (Fsp3) is 0.556. The molecule has 0 aromatic heterocycles. The Morgan fingerprint density at radius 2 is 1.74 bits per heavy atom. The van der Waals surface area contributed by atoms with E-state index >= 15 is 0 Å². The van der Waals surface area contributed by atoms with E-state index in [0.29, 0.717) is 5.06 Å².